The van der Waals surface area contributed by atoms with Crippen LogP contribution < -0.4 is 4.90 Å². The minimum absolute atomic E-state index is 0.0554. The Morgan fingerprint density at radius 3 is 2.07 bits per heavy atom. The van der Waals surface area contributed by atoms with Crippen LogP contribution in [0.1, 0.15) is 30.5 Å². The molecule has 42 heavy (non-hydrogen) atoms. The van der Waals surface area contributed by atoms with Crippen LogP contribution in [0.25, 0.3) is 42.4 Å². The van der Waals surface area contributed by atoms with E-state index in [0.29, 0.717) is 0 Å². The molecule has 1 aliphatic rings. The van der Waals surface area contributed by atoms with E-state index in [2.05, 4.69) is 159 Å². The molecule has 7 aromatic rings. The van der Waals surface area contributed by atoms with Crippen LogP contribution in [0.2, 0.25) is 0 Å². The number of para-hydroxylation sites is 2. The molecule has 0 saturated carbocycles. The Balaban J connectivity index is 1.23. The summed E-state index contributed by atoms with van der Waals surface area (Å²) in [4.78, 5) is 2.34. The summed E-state index contributed by atoms with van der Waals surface area (Å²) in [5.41, 5.74) is 12.8. The average Bonchev–Trinajstić information content (AvgIpc) is 3.51. The molecule has 0 fully saturated rings. The Morgan fingerprint density at radius 2 is 1.26 bits per heavy atom. The standard InChI is InChI=1S/C40H31NS/c1-26-11-7-9-15-35(26)41(29-12-5-4-6-13-29)30-20-17-27(18-21-30)28-19-23-34-33(25-28)31-22-24-37-38(39(31)40(34,2)3)32-14-8-10-16-36(32)42-37/h4-25H,1-3H3. The Bertz CT molecular complexity index is 2120. The van der Waals surface area contributed by atoms with E-state index in [1.54, 1.807) is 0 Å². The lowest BCUT2D eigenvalue weighted by atomic mass is 9.80. The maximum absolute atomic E-state index is 2.41. The molecule has 0 amide bonds. The Morgan fingerprint density at radius 1 is 0.571 bits per heavy atom. The molecule has 0 saturated heterocycles. The first kappa shape index (κ1) is 25.1. The van der Waals surface area contributed by atoms with Crippen molar-refractivity contribution in [2.45, 2.75) is 26.2 Å². The highest BCUT2D eigenvalue weighted by molar-refractivity contribution is 7.25. The van der Waals surface area contributed by atoms with Crippen molar-refractivity contribution in [3.8, 4) is 22.3 Å². The van der Waals surface area contributed by atoms with Gasteiger partial charge in [0.05, 0.1) is 0 Å². The van der Waals surface area contributed by atoms with Gasteiger partial charge < -0.3 is 4.90 Å². The molecule has 0 bridgehead atoms. The molecule has 1 nitrogen and oxygen atoms in total. The highest BCUT2D eigenvalue weighted by atomic mass is 32.1. The van der Waals surface area contributed by atoms with Gasteiger partial charge in [0.2, 0.25) is 0 Å². The minimum Gasteiger partial charge on any atom is -0.310 e. The number of aryl methyl sites for hydroxylation is 1. The first-order valence-electron chi connectivity index (χ1n) is 14.6. The van der Waals surface area contributed by atoms with Crippen molar-refractivity contribution < 1.29 is 0 Å². The lowest BCUT2D eigenvalue weighted by molar-refractivity contribution is 0.667. The van der Waals surface area contributed by atoms with E-state index in [1.165, 1.54) is 64.8 Å². The highest BCUT2D eigenvalue weighted by Gasteiger charge is 2.37. The third-order valence-electron chi connectivity index (χ3n) is 8.98. The van der Waals surface area contributed by atoms with Gasteiger partial charge in [-0.2, -0.15) is 0 Å². The smallest absolute Gasteiger partial charge is 0.0490 e. The summed E-state index contributed by atoms with van der Waals surface area (Å²) in [5, 5.41) is 2.81. The van der Waals surface area contributed by atoms with Gasteiger partial charge in [0.25, 0.3) is 0 Å². The van der Waals surface area contributed by atoms with Gasteiger partial charge in [-0.15, -0.1) is 11.3 Å². The van der Waals surface area contributed by atoms with Gasteiger partial charge in [-0.1, -0.05) is 98.8 Å². The summed E-state index contributed by atoms with van der Waals surface area (Å²) < 4.78 is 2.74. The van der Waals surface area contributed by atoms with E-state index in [0.717, 1.165) is 11.4 Å². The number of nitrogens with zero attached hydrogens (tertiary/aromatic N) is 1. The van der Waals surface area contributed by atoms with Crippen LogP contribution in [-0.4, -0.2) is 0 Å². The quantitative estimate of drug-likeness (QED) is 0.208. The van der Waals surface area contributed by atoms with E-state index in [-0.39, 0.29) is 5.41 Å². The van der Waals surface area contributed by atoms with Gasteiger partial charge in [-0.3, -0.25) is 0 Å². The summed E-state index contributed by atoms with van der Waals surface area (Å²) in [6.07, 6.45) is 0. The average molecular weight is 558 g/mol. The molecule has 0 N–H and O–H groups in total. The fourth-order valence-electron chi connectivity index (χ4n) is 6.94. The molecule has 0 aliphatic heterocycles. The number of thiophene rings is 1. The fourth-order valence-corrected chi connectivity index (χ4v) is 8.05. The van der Waals surface area contributed by atoms with Gasteiger partial charge in [-0.05, 0) is 94.4 Å². The molecule has 0 spiro atoms. The third-order valence-corrected chi connectivity index (χ3v) is 10.1. The predicted molar refractivity (Wildman–Crippen MR) is 182 cm³/mol. The number of hydrogen-bond donors (Lipinski definition) is 0. The summed E-state index contributed by atoms with van der Waals surface area (Å²) in [7, 11) is 0. The summed E-state index contributed by atoms with van der Waals surface area (Å²) in [6, 6.07) is 48.9. The second-order valence-corrected chi connectivity index (χ2v) is 12.9. The molecule has 1 aliphatic carbocycles. The maximum atomic E-state index is 2.41. The fraction of sp³-hybridized carbons (Fsp3) is 0.100. The summed E-state index contributed by atoms with van der Waals surface area (Å²) >= 11 is 1.90. The maximum Gasteiger partial charge on any atom is 0.0490 e. The lowest BCUT2D eigenvalue weighted by Crippen LogP contribution is -2.15. The van der Waals surface area contributed by atoms with Gasteiger partial charge in [0, 0.05) is 42.6 Å². The number of rotatable bonds is 4. The van der Waals surface area contributed by atoms with Crippen LogP contribution >= 0.6 is 11.3 Å². The van der Waals surface area contributed by atoms with Crippen LogP contribution in [0, 0.1) is 6.92 Å². The molecular weight excluding hydrogens is 527 g/mol. The molecule has 202 valence electrons. The van der Waals surface area contributed by atoms with Crippen molar-refractivity contribution in [3.05, 3.63) is 150 Å². The number of benzene rings is 6. The topological polar surface area (TPSA) is 3.24 Å². The second-order valence-electron chi connectivity index (χ2n) is 11.8. The van der Waals surface area contributed by atoms with Crippen LogP contribution in [0.4, 0.5) is 17.1 Å². The molecule has 0 radical (unpaired) electrons. The second kappa shape index (κ2) is 9.44. The van der Waals surface area contributed by atoms with Gasteiger partial charge in [-0.25, -0.2) is 0 Å². The van der Waals surface area contributed by atoms with E-state index in [4.69, 9.17) is 0 Å². The van der Waals surface area contributed by atoms with Gasteiger partial charge in [0.15, 0.2) is 0 Å². The largest absolute Gasteiger partial charge is 0.310 e. The van der Waals surface area contributed by atoms with Gasteiger partial charge in [0.1, 0.15) is 0 Å². The lowest BCUT2D eigenvalue weighted by Gasteiger charge is -2.27. The van der Waals surface area contributed by atoms with E-state index >= 15 is 0 Å². The SMILES string of the molecule is Cc1ccccc1N(c1ccccc1)c1ccc(-c2ccc3c(c2)-c2ccc4sc5ccccc5c4c2C3(C)C)cc1. The van der Waals surface area contributed by atoms with E-state index in [9.17, 15) is 0 Å². The van der Waals surface area contributed by atoms with Crippen molar-refractivity contribution in [3.63, 3.8) is 0 Å². The zero-order valence-electron chi connectivity index (χ0n) is 24.1. The van der Waals surface area contributed by atoms with E-state index in [1.807, 2.05) is 11.3 Å². The molecule has 0 unspecified atom stereocenters. The van der Waals surface area contributed by atoms with Crippen LogP contribution in [0.5, 0.6) is 0 Å². The zero-order valence-corrected chi connectivity index (χ0v) is 24.9. The van der Waals surface area contributed by atoms with E-state index < -0.39 is 0 Å². The van der Waals surface area contributed by atoms with Crippen LogP contribution in [0.15, 0.2) is 133 Å². The Labute approximate surface area is 251 Å². The van der Waals surface area contributed by atoms with Crippen molar-refractivity contribution in [2.75, 3.05) is 4.90 Å². The number of hydrogen-bond acceptors (Lipinski definition) is 2. The Kier molecular flexibility index (Phi) is 5.64. The van der Waals surface area contributed by atoms with Crippen LogP contribution in [-0.2, 0) is 5.41 Å². The molecular formula is C40H31NS. The van der Waals surface area contributed by atoms with Crippen LogP contribution in [0.3, 0.4) is 0 Å². The first-order valence-corrected chi connectivity index (χ1v) is 15.4. The van der Waals surface area contributed by atoms with Crippen molar-refractivity contribution >= 4 is 48.6 Å². The first-order chi connectivity index (χ1) is 20.5. The monoisotopic (exact) mass is 557 g/mol. The van der Waals surface area contributed by atoms with Crippen molar-refractivity contribution in [1.82, 2.24) is 0 Å². The highest BCUT2D eigenvalue weighted by Crippen LogP contribution is 2.54. The molecule has 1 aromatic heterocycles. The summed E-state index contributed by atoms with van der Waals surface area (Å²) in [6.45, 7) is 6.96. The molecule has 0 atom stereocenters. The Hall–Kier alpha value is -4.66. The molecule has 8 rings (SSSR count). The zero-order chi connectivity index (χ0) is 28.4. The minimum atomic E-state index is -0.0554. The molecule has 2 heteroatoms. The molecule has 1 heterocycles. The number of anilines is 3. The number of fused-ring (bicyclic) bond motifs is 7. The molecule has 6 aromatic carbocycles. The predicted octanol–water partition coefficient (Wildman–Crippen LogP) is 11.8. The summed E-state index contributed by atoms with van der Waals surface area (Å²) in [5.74, 6) is 0. The third kappa shape index (κ3) is 3.76. The van der Waals surface area contributed by atoms with Gasteiger partial charge >= 0.3 is 0 Å². The van der Waals surface area contributed by atoms with Crippen molar-refractivity contribution in [1.29, 1.82) is 0 Å². The normalized spacial score (nSPS) is 13.3. The van der Waals surface area contributed by atoms with Crippen molar-refractivity contribution in [2.24, 2.45) is 0 Å².